The van der Waals surface area contributed by atoms with Gasteiger partial charge >= 0.3 is 0 Å². The number of imide groups is 1. The summed E-state index contributed by atoms with van der Waals surface area (Å²) in [7, 11) is 0. The van der Waals surface area contributed by atoms with Crippen molar-refractivity contribution in [2.75, 3.05) is 13.1 Å². The van der Waals surface area contributed by atoms with Crippen molar-refractivity contribution in [3.8, 4) is 0 Å². The van der Waals surface area contributed by atoms with E-state index in [0.717, 1.165) is 0 Å². The number of likely N-dealkylation sites (tertiary alicyclic amines) is 1. The van der Waals surface area contributed by atoms with Crippen molar-refractivity contribution in [3.05, 3.63) is 33.1 Å². The molecule has 0 saturated carbocycles. The number of nitrogens with zero attached hydrogens (tertiary/aromatic N) is 1. The van der Waals surface area contributed by atoms with Gasteiger partial charge in [-0.1, -0.05) is 0 Å². The molecule has 0 radical (unpaired) electrons. The van der Waals surface area contributed by atoms with E-state index >= 15 is 0 Å². The average molecular weight is 404 g/mol. The summed E-state index contributed by atoms with van der Waals surface area (Å²) in [5.41, 5.74) is 0.408. The Kier molecular flexibility index (Phi) is 5.27. The van der Waals surface area contributed by atoms with Crippen molar-refractivity contribution in [2.45, 2.75) is 19.3 Å². The van der Waals surface area contributed by atoms with Crippen LogP contribution in [0.4, 0.5) is 4.39 Å². The fourth-order valence-corrected chi connectivity index (χ4v) is 2.80. The molecule has 0 bridgehead atoms. The summed E-state index contributed by atoms with van der Waals surface area (Å²) in [6.07, 6.45) is 1.05. The molecule has 7 heteroatoms. The molecule has 112 valence electrons. The highest BCUT2D eigenvalue weighted by Crippen LogP contribution is 2.14. The third-order valence-corrected chi connectivity index (χ3v) is 4.07. The van der Waals surface area contributed by atoms with Crippen LogP contribution in [-0.4, -0.2) is 35.7 Å². The summed E-state index contributed by atoms with van der Waals surface area (Å²) < 4.78 is 13.5. The van der Waals surface area contributed by atoms with Gasteiger partial charge in [-0.05, 0) is 47.2 Å². The smallest absolute Gasteiger partial charge is 0.252 e. The van der Waals surface area contributed by atoms with Crippen molar-refractivity contribution in [1.82, 2.24) is 10.2 Å². The Balaban J connectivity index is 1.79. The van der Waals surface area contributed by atoms with Crippen LogP contribution in [-0.2, 0) is 9.59 Å². The van der Waals surface area contributed by atoms with Crippen LogP contribution >= 0.6 is 22.6 Å². The van der Waals surface area contributed by atoms with Gasteiger partial charge in [0, 0.05) is 29.5 Å². The second-order valence-corrected chi connectivity index (χ2v) is 5.83. The van der Waals surface area contributed by atoms with Crippen LogP contribution in [0.15, 0.2) is 18.2 Å². The van der Waals surface area contributed by atoms with Gasteiger partial charge in [0.25, 0.3) is 5.91 Å². The highest BCUT2D eigenvalue weighted by molar-refractivity contribution is 14.1. The number of halogens is 2. The van der Waals surface area contributed by atoms with Gasteiger partial charge in [0.15, 0.2) is 0 Å². The van der Waals surface area contributed by atoms with E-state index in [1.807, 2.05) is 22.6 Å². The molecule has 0 unspecified atom stereocenters. The molecule has 1 N–H and O–H groups in total. The molecule has 1 aliphatic rings. The molecule has 21 heavy (non-hydrogen) atoms. The van der Waals surface area contributed by atoms with E-state index in [1.165, 1.54) is 23.1 Å². The average Bonchev–Trinajstić information content (AvgIpc) is 2.74. The van der Waals surface area contributed by atoms with Gasteiger partial charge in [-0.25, -0.2) is 4.39 Å². The number of nitrogens with one attached hydrogen (secondary N) is 1. The monoisotopic (exact) mass is 404 g/mol. The minimum absolute atomic E-state index is 0.153. The largest absolute Gasteiger partial charge is 0.352 e. The van der Waals surface area contributed by atoms with Crippen molar-refractivity contribution in [2.24, 2.45) is 0 Å². The van der Waals surface area contributed by atoms with Crippen LogP contribution in [0.5, 0.6) is 0 Å². The van der Waals surface area contributed by atoms with E-state index in [0.29, 0.717) is 28.6 Å². The zero-order chi connectivity index (χ0) is 15.4. The lowest BCUT2D eigenvalue weighted by atomic mass is 10.2. The summed E-state index contributed by atoms with van der Waals surface area (Å²) >= 11 is 1.90. The molecule has 0 atom stereocenters. The van der Waals surface area contributed by atoms with Crippen LogP contribution in [0.1, 0.15) is 29.6 Å². The first kappa shape index (κ1) is 15.9. The molecular formula is C14H14FIN2O3. The standard InChI is InChI=1S/C14H14FIN2O3/c15-9-2-3-10(11(16)8-9)14(21)17-6-1-7-18-12(19)4-5-13(18)20/h2-3,8H,1,4-7H2,(H,17,21). The van der Waals surface area contributed by atoms with Crippen LogP contribution in [0.25, 0.3) is 0 Å². The SMILES string of the molecule is O=C(NCCCN1C(=O)CCC1=O)c1ccc(F)cc1I. The molecule has 1 saturated heterocycles. The number of amides is 3. The maximum atomic E-state index is 13.0. The molecule has 1 aliphatic heterocycles. The number of rotatable bonds is 5. The lowest BCUT2D eigenvalue weighted by molar-refractivity contribution is -0.138. The Morgan fingerprint density at radius 1 is 1.29 bits per heavy atom. The maximum absolute atomic E-state index is 13.0. The van der Waals surface area contributed by atoms with Crippen molar-refractivity contribution in [1.29, 1.82) is 0 Å². The Labute approximate surface area is 135 Å². The van der Waals surface area contributed by atoms with Crippen LogP contribution < -0.4 is 5.32 Å². The van der Waals surface area contributed by atoms with E-state index < -0.39 is 0 Å². The molecule has 1 fully saturated rings. The second-order valence-electron chi connectivity index (χ2n) is 4.67. The highest BCUT2D eigenvalue weighted by atomic mass is 127. The normalized spacial score (nSPS) is 14.7. The van der Waals surface area contributed by atoms with Gasteiger partial charge in [-0.3, -0.25) is 19.3 Å². The summed E-state index contributed by atoms with van der Waals surface area (Å²) in [5, 5.41) is 2.70. The number of carbonyl (C=O) groups excluding carboxylic acids is 3. The minimum atomic E-state index is -0.387. The maximum Gasteiger partial charge on any atom is 0.252 e. The molecule has 1 aromatic carbocycles. The zero-order valence-corrected chi connectivity index (χ0v) is 13.4. The van der Waals surface area contributed by atoms with Crippen molar-refractivity contribution >= 4 is 40.3 Å². The molecule has 5 nitrogen and oxygen atoms in total. The first-order chi connectivity index (χ1) is 9.99. The summed E-state index contributed by atoms with van der Waals surface area (Å²) in [5.74, 6) is -0.987. The number of hydrogen-bond acceptors (Lipinski definition) is 3. The predicted octanol–water partition coefficient (Wildman–Crippen LogP) is 1.70. The molecule has 1 heterocycles. The Morgan fingerprint density at radius 3 is 2.57 bits per heavy atom. The molecule has 2 rings (SSSR count). The van der Waals surface area contributed by atoms with Gasteiger partial charge in [-0.2, -0.15) is 0 Å². The Morgan fingerprint density at radius 2 is 1.95 bits per heavy atom. The zero-order valence-electron chi connectivity index (χ0n) is 11.2. The second kappa shape index (κ2) is 6.97. The topological polar surface area (TPSA) is 66.5 Å². The quantitative estimate of drug-likeness (QED) is 0.462. The van der Waals surface area contributed by atoms with Gasteiger partial charge in [0.05, 0.1) is 5.56 Å². The fraction of sp³-hybridized carbons (Fsp3) is 0.357. The molecule has 3 amide bonds. The summed E-state index contributed by atoms with van der Waals surface area (Å²) in [4.78, 5) is 35.9. The molecule has 1 aromatic rings. The van der Waals surface area contributed by atoms with Crippen LogP contribution in [0, 0.1) is 9.39 Å². The molecule has 0 aromatic heterocycles. The first-order valence-electron chi connectivity index (χ1n) is 6.55. The Hall–Kier alpha value is -1.51. The van der Waals surface area contributed by atoms with Gasteiger partial charge < -0.3 is 5.32 Å². The number of carbonyl (C=O) groups is 3. The molecule has 0 aliphatic carbocycles. The van der Waals surface area contributed by atoms with Gasteiger partial charge in [0.1, 0.15) is 5.82 Å². The predicted molar refractivity (Wildman–Crippen MR) is 82.0 cm³/mol. The third kappa shape index (κ3) is 3.99. The number of hydrogen-bond donors (Lipinski definition) is 1. The molecular weight excluding hydrogens is 390 g/mol. The van der Waals surface area contributed by atoms with E-state index in [-0.39, 0.29) is 36.4 Å². The van der Waals surface area contributed by atoms with E-state index in [1.54, 1.807) is 0 Å². The Bertz CT molecular complexity index is 576. The fourth-order valence-electron chi connectivity index (χ4n) is 2.08. The van der Waals surface area contributed by atoms with Crippen molar-refractivity contribution < 1.29 is 18.8 Å². The highest BCUT2D eigenvalue weighted by Gasteiger charge is 2.27. The van der Waals surface area contributed by atoms with E-state index in [4.69, 9.17) is 0 Å². The summed E-state index contributed by atoms with van der Waals surface area (Å²) in [6, 6.07) is 3.95. The van der Waals surface area contributed by atoms with Crippen LogP contribution in [0.2, 0.25) is 0 Å². The van der Waals surface area contributed by atoms with E-state index in [2.05, 4.69) is 5.32 Å². The van der Waals surface area contributed by atoms with Gasteiger partial charge in [-0.15, -0.1) is 0 Å². The minimum Gasteiger partial charge on any atom is -0.352 e. The van der Waals surface area contributed by atoms with Crippen molar-refractivity contribution in [3.63, 3.8) is 0 Å². The third-order valence-electron chi connectivity index (χ3n) is 3.17. The van der Waals surface area contributed by atoms with Crippen LogP contribution in [0.3, 0.4) is 0 Å². The number of benzene rings is 1. The van der Waals surface area contributed by atoms with E-state index in [9.17, 15) is 18.8 Å². The lowest BCUT2D eigenvalue weighted by Crippen LogP contribution is -2.33. The molecule has 0 spiro atoms. The summed E-state index contributed by atoms with van der Waals surface area (Å²) in [6.45, 7) is 0.668. The van der Waals surface area contributed by atoms with Gasteiger partial charge in [0.2, 0.25) is 11.8 Å². The lowest BCUT2D eigenvalue weighted by Gasteiger charge is -2.13. The first-order valence-corrected chi connectivity index (χ1v) is 7.63.